The number of carbonyl (C=O) groups excluding carboxylic acids is 2. The van der Waals surface area contributed by atoms with Crippen LogP contribution in [0.1, 0.15) is 27.6 Å². The lowest BCUT2D eigenvalue weighted by atomic mass is 10.1. The van der Waals surface area contributed by atoms with Gasteiger partial charge in [0.2, 0.25) is 0 Å². The van der Waals surface area contributed by atoms with E-state index in [0.29, 0.717) is 22.4 Å². The van der Waals surface area contributed by atoms with E-state index in [0.717, 1.165) is 4.47 Å². The molecule has 0 saturated heterocycles. The molecule has 0 saturated carbocycles. The zero-order valence-electron chi connectivity index (χ0n) is 15.2. The van der Waals surface area contributed by atoms with Gasteiger partial charge in [0, 0.05) is 4.47 Å². The first-order valence-corrected chi connectivity index (χ1v) is 9.46. The second kappa shape index (κ2) is 9.77. The second-order valence-electron chi connectivity index (χ2n) is 6.02. The van der Waals surface area contributed by atoms with E-state index in [9.17, 15) is 14.7 Å². The molecule has 7 heteroatoms. The van der Waals surface area contributed by atoms with E-state index in [1.165, 1.54) is 6.21 Å². The summed E-state index contributed by atoms with van der Waals surface area (Å²) in [7, 11) is 0. The van der Waals surface area contributed by atoms with E-state index in [1.807, 2.05) is 6.07 Å². The number of hydrogen-bond acceptors (Lipinski definition) is 5. The zero-order chi connectivity index (χ0) is 20.6. The Bertz CT molecular complexity index is 1020. The van der Waals surface area contributed by atoms with Crippen molar-refractivity contribution >= 4 is 34.0 Å². The Kier molecular flexibility index (Phi) is 6.89. The van der Waals surface area contributed by atoms with Crippen LogP contribution >= 0.6 is 15.9 Å². The fourth-order valence-corrected chi connectivity index (χ4v) is 2.82. The van der Waals surface area contributed by atoms with Crippen LogP contribution in [0.3, 0.4) is 0 Å². The summed E-state index contributed by atoms with van der Waals surface area (Å²) in [6.45, 7) is 0. The van der Waals surface area contributed by atoms with Crippen molar-refractivity contribution in [1.29, 1.82) is 0 Å². The number of amides is 1. The van der Waals surface area contributed by atoms with Gasteiger partial charge < -0.3 is 9.84 Å². The van der Waals surface area contributed by atoms with E-state index in [2.05, 4.69) is 26.5 Å². The molecule has 1 atom stereocenters. The number of benzene rings is 3. The highest BCUT2D eigenvalue weighted by Crippen LogP contribution is 2.16. The summed E-state index contributed by atoms with van der Waals surface area (Å²) >= 11 is 3.31. The molecule has 0 radical (unpaired) electrons. The topological polar surface area (TPSA) is 88.0 Å². The predicted octanol–water partition coefficient (Wildman–Crippen LogP) is 3.85. The third-order valence-electron chi connectivity index (χ3n) is 3.90. The summed E-state index contributed by atoms with van der Waals surface area (Å²) in [5, 5.41) is 13.8. The van der Waals surface area contributed by atoms with Crippen LogP contribution in [-0.4, -0.2) is 23.2 Å². The molecule has 0 aliphatic heterocycles. The lowest BCUT2D eigenvalue weighted by Crippen LogP contribution is -2.25. The summed E-state index contributed by atoms with van der Waals surface area (Å²) in [5.41, 5.74) is 3.89. The van der Waals surface area contributed by atoms with Crippen molar-refractivity contribution < 1.29 is 19.4 Å². The average molecular weight is 453 g/mol. The quantitative estimate of drug-likeness (QED) is 0.257. The fourth-order valence-electron chi connectivity index (χ4n) is 2.42. The summed E-state index contributed by atoms with van der Waals surface area (Å²) in [4.78, 5) is 24.1. The smallest absolute Gasteiger partial charge is 0.343 e. The number of carbonyl (C=O) groups is 2. The Labute approximate surface area is 176 Å². The van der Waals surface area contributed by atoms with Gasteiger partial charge in [0.25, 0.3) is 5.91 Å². The Morgan fingerprint density at radius 1 is 1.00 bits per heavy atom. The number of esters is 1. The Morgan fingerprint density at radius 3 is 2.41 bits per heavy atom. The molecule has 1 amide bonds. The number of ether oxygens (including phenoxy) is 1. The maximum absolute atomic E-state index is 12.1. The molecule has 0 spiro atoms. The van der Waals surface area contributed by atoms with Crippen LogP contribution in [0.5, 0.6) is 5.75 Å². The first kappa shape index (κ1) is 20.4. The van der Waals surface area contributed by atoms with Crippen LogP contribution in [0.4, 0.5) is 0 Å². The van der Waals surface area contributed by atoms with Gasteiger partial charge in [-0.25, -0.2) is 10.2 Å². The van der Waals surface area contributed by atoms with Gasteiger partial charge >= 0.3 is 5.97 Å². The minimum absolute atomic E-state index is 0.385. The van der Waals surface area contributed by atoms with E-state index in [1.54, 1.807) is 72.8 Å². The van der Waals surface area contributed by atoms with Gasteiger partial charge in [-0.3, -0.25) is 4.79 Å². The van der Waals surface area contributed by atoms with Gasteiger partial charge in [-0.15, -0.1) is 0 Å². The van der Waals surface area contributed by atoms with Crippen LogP contribution in [0.25, 0.3) is 0 Å². The van der Waals surface area contributed by atoms with Crippen molar-refractivity contribution in [3.05, 3.63) is 100 Å². The largest absolute Gasteiger partial charge is 0.423 e. The lowest BCUT2D eigenvalue weighted by Gasteiger charge is -2.08. The monoisotopic (exact) mass is 452 g/mol. The molecule has 0 aromatic heterocycles. The molecule has 6 nitrogen and oxygen atoms in total. The number of nitrogens with one attached hydrogen (secondary N) is 1. The number of halogens is 1. The van der Waals surface area contributed by atoms with Crippen LogP contribution in [0.2, 0.25) is 0 Å². The highest BCUT2D eigenvalue weighted by molar-refractivity contribution is 9.10. The average Bonchev–Trinajstić information content (AvgIpc) is 2.75. The van der Waals surface area contributed by atoms with Gasteiger partial charge in [-0.05, 0) is 53.6 Å². The maximum atomic E-state index is 12.1. The van der Waals surface area contributed by atoms with Gasteiger partial charge in [-0.2, -0.15) is 5.10 Å². The molecule has 0 fully saturated rings. The molecular formula is C22H17BrN2O4. The van der Waals surface area contributed by atoms with E-state index in [4.69, 9.17) is 4.74 Å². The van der Waals surface area contributed by atoms with Crippen molar-refractivity contribution in [2.75, 3.05) is 0 Å². The van der Waals surface area contributed by atoms with Crippen molar-refractivity contribution in [2.24, 2.45) is 5.10 Å². The fraction of sp³-hybridized carbons (Fsp3) is 0.0455. The minimum atomic E-state index is -1.30. The molecule has 2 N–H and O–H groups in total. The Hall–Kier alpha value is -3.29. The number of aliphatic hydroxyl groups is 1. The van der Waals surface area contributed by atoms with Crippen molar-refractivity contribution in [1.82, 2.24) is 5.43 Å². The molecule has 0 unspecified atom stereocenters. The van der Waals surface area contributed by atoms with Crippen LogP contribution in [0, 0.1) is 0 Å². The number of aliphatic hydroxyl groups excluding tert-OH is 1. The number of nitrogens with zero attached hydrogens (tertiary/aromatic N) is 1. The van der Waals surface area contributed by atoms with Gasteiger partial charge in [0.15, 0.2) is 6.10 Å². The zero-order valence-corrected chi connectivity index (χ0v) is 16.7. The normalized spacial score (nSPS) is 11.8. The summed E-state index contributed by atoms with van der Waals surface area (Å²) in [5.74, 6) is -0.711. The highest BCUT2D eigenvalue weighted by atomic mass is 79.9. The van der Waals surface area contributed by atoms with Crippen LogP contribution in [0.15, 0.2) is 88.4 Å². The lowest BCUT2D eigenvalue weighted by molar-refractivity contribution is -0.129. The van der Waals surface area contributed by atoms with E-state index in [-0.39, 0.29) is 0 Å². The molecule has 0 bridgehead atoms. The third kappa shape index (κ3) is 5.84. The third-order valence-corrected chi connectivity index (χ3v) is 4.40. The molecule has 29 heavy (non-hydrogen) atoms. The first-order chi connectivity index (χ1) is 14.0. The summed E-state index contributed by atoms with van der Waals surface area (Å²) in [6.07, 6.45) is 0.128. The van der Waals surface area contributed by atoms with Gasteiger partial charge in [0.1, 0.15) is 5.75 Å². The molecule has 0 heterocycles. The van der Waals surface area contributed by atoms with E-state index < -0.39 is 18.0 Å². The first-order valence-electron chi connectivity index (χ1n) is 8.66. The number of rotatable bonds is 6. The standard InChI is InChI=1S/C22H17BrN2O4/c23-18-8-4-7-17(13-18)22(28)29-19-11-9-15(10-12-19)14-24-25-21(27)20(26)16-5-2-1-3-6-16/h1-14,20,26H,(H,25,27)/b24-14-/t20-/m1/s1. The number of hydrazone groups is 1. The predicted molar refractivity (Wildman–Crippen MR) is 113 cm³/mol. The summed E-state index contributed by atoms with van der Waals surface area (Å²) < 4.78 is 6.12. The molecular weight excluding hydrogens is 436 g/mol. The SMILES string of the molecule is O=C(Oc1ccc(/C=N\NC(=O)[C@H](O)c2ccccc2)cc1)c1cccc(Br)c1. The van der Waals surface area contributed by atoms with Gasteiger partial charge in [-0.1, -0.05) is 52.3 Å². The van der Waals surface area contributed by atoms with E-state index >= 15 is 0 Å². The molecule has 3 aromatic carbocycles. The highest BCUT2D eigenvalue weighted by Gasteiger charge is 2.16. The van der Waals surface area contributed by atoms with Crippen molar-refractivity contribution in [2.45, 2.75) is 6.10 Å². The molecule has 0 aliphatic carbocycles. The Balaban J connectivity index is 1.55. The molecule has 3 rings (SSSR count). The molecule has 146 valence electrons. The Morgan fingerprint density at radius 2 is 1.72 bits per heavy atom. The second-order valence-corrected chi connectivity index (χ2v) is 6.93. The van der Waals surface area contributed by atoms with Crippen LogP contribution in [-0.2, 0) is 4.79 Å². The maximum Gasteiger partial charge on any atom is 0.343 e. The van der Waals surface area contributed by atoms with Crippen LogP contribution < -0.4 is 10.2 Å². The van der Waals surface area contributed by atoms with Gasteiger partial charge in [0.05, 0.1) is 11.8 Å². The number of hydrogen-bond donors (Lipinski definition) is 2. The molecule has 3 aromatic rings. The van der Waals surface area contributed by atoms with Crippen molar-refractivity contribution in [3.63, 3.8) is 0 Å². The summed E-state index contributed by atoms with van der Waals surface area (Å²) in [6, 6.07) is 22.1. The minimum Gasteiger partial charge on any atom is -0.423 e. The molecule has 0 aliphatic rings. The van der Waals surface area contributed by atoms with Crippen molar-refractivity contribution in [3.8, 4) is 5.75 Å².